The Balaban J connectivity index is 3.24. The molecule has 1 rings (SSSR count). The second kappa shape index (κ2) is 6.90. The number of nitrogens with zero attached hydrogens (tertiary/aromatic N) is 1. The molecule has 1 aliphatic rings. The van der Waals surface area contributed by atoms with Gasteiger partial charge in [-0.15, -0.1) is 0 Å². The molecule has 6 heteroatoms. The second-order valence-corrected chi connectivity index (χ2v) is 7.75. The molecular weight excluding hydrogens is 288 g/mol. The van der Waals surface area contributed by atoms with Crippen molar-refractivity contribution in [3.63, 3.8) is 0 Å². The molecule has 21 heavy (non-hydrogen) atoms. The summed E-state index contributed by atoms with van der Waals surface area (Å²) in [6.45, 7) is 9.58. The first-order chi connectivity index (χ1) is 9.70. The van der Waals surface area contributed by atoms with E-state index < -0.39 is 22.4 Å². The average molecular weight is 316 g/mol. The number of nitrogens with one attached hydrogen (secondary N) is 1. The molecule has 5 nitrogen and oxygen atoms in total. The van der Waals surface area contributed by atoms with E-state index >= 15 is 0 Å². The van der Waals surface area contributed by atoms with E-state index in [1.165, 1.54) is 0 Å². The minimum Gasteiger partial charge on any atom is -0.340 e. The van der Waals surface area contributed by atoms with Crippen molar-refractivity contribution in [2.75, 3.05) is 12.0 Å². The van der Waals surface area contributed by atoms with Crippen LogP contribution in [0.1, 0.15) is 47.5 Å². The summed E-state index contributed by atoms with van der Waals surface area (Å²) in [4.78, 5) is 27.2. The van der Waals surface area contributed by atoms with Gasteiger partial charge in [-0.05, 0) is 25.7 Å². The van der Waals surface area contributed by atoms with Crippen LogP contribution < -0.4 is 5.32 Å². The molecule has 0 aromatic heterocycles. The van der Waals surface area contributed by atoms with Crippen molar-refractivity contribution in [1.29, 1.82) is 0 Å². The zero-order valence-corrected chi connectivity index (χ0v) is 14.8. The minimum atomic E-state index is -1.01. The normalized spacial score (nSPS) is 24.9. The first kappa shape index (κ1) is 18.1. The highest BCUT2D eigenvalue weighted by molar-refractivity contribution is 7.84. The molecule has 1 fully saturated rings. The zero-order chi connectivity index (χ0) is 16.4. The third-order valence-corrected chi connectivity index (χ3v) is 5.32. The lowest BCUT2D eigenvalue weighted by Crippen LogP contribution is -2.72. The standard InChI is InChI=1S/C15H28N2O3S/c1-7-15(8-2)14(19)17(11(5)9-21(6)20)12(10(3)4)13(18)16-15/h10-12H,7-9H2,1-6H3,(H,16,18). The van der Waals surface area contributed by atoms with Crippen LogP contribution in [0.25, 0.3) is 0 Å². The number of carbonyl (C=O) groups excluding carboxylic acids is 2. The van der Waals surface area contributed by atoms with Gasteiger partial charge in [-0.2, -0.15) is 0 Å². The Bertz CT molecular complexity index is 433. The van der Waals surface area contributed by atoms with Gasteiger partial charge in [-0.25, -0.2) is 0 Å². The third-order valence-electron chi connectivity index (χ3n) is 4.36. The molecule has 0 aromatic rings. The molecule has 1 heterocycles. The smallest absolute Gasteiger partial charge is 0.249 e. The Hall–Kier alpha value is -0.910. The van der Waals surface area contributed by atoms with Gasteiger partial charge < -0.3 is 10.2 Å². The van der Waals surface area contributed by atoms with Crippen LogP contribution in [0, 0.1) is 5.92 Å². The van der Waals surface area contributed by atoms with Crippen molar-refractivity contribution in [3.05, 3.63) is 0 Å². The Kier molecular flexibility index (Phi) is 5.96. The fourth-order valence-corrected chi connectivity index (χ4v) is 3.95. The quantitative estimate of drug-likeness (QED) is 0.803. The SMILES string of the molecule is CCC1(CC)NC(=O)C(C(C)C)N(C(C)CS(C)=O)C1=O. The van der Waals surface area contributed by atoms with Crippen LogP contribution >= 0.6 is 0 Å². The van der Waals surface area contributed by atoms with Gasteiger partial charge in [0.15, 0.2) is 0 Å². The van der Waals surface area contributed by atoms with E-state index in [4.69, 9.17) is 0 Å². The van der Waals surface area contributed by atoms with E-state index in [9.17, 15) is 13.8 Å². The van der Waals surface area contributed by atoms with Crippen molar-refractivity contribution in [1.82, 2.24) is 10.2 Å². The van der Waals surface area contributed by atoms with Crippen LogP contribution in [-0.4, -0.2) is 50.6 Å². The molecule has 3 unspecified atom stereocenters. The van der Waals surface area contributed by atoms with Crippen LogP contribution in [0.2, 0.25) is 0 Å². The first-order valence-electron chi connectivity index (χ1n) is 7.65. The topological polar surface area (TPSA) is 66.5 Å². The summed E-state index contributed by atoms with van der Waals surface area (Å²) in [5.74, 6) is 0.283. The maximum absolute atomic E-state index is 13.0. The Morgan fingerprint density at radius 1 is 1.24 bits per heavy atom. The van der Waals surface area contributed by atoms with Gasteiger partial charge in [-0.3, -0.25) is 13.8 Å². The van der Waals surface area contributed by atoms with E-state index in [0.717, 1.165) is 0 Å². The minimum absolute atomic E-state index is 0.0217. The molecule has 122 valence electrons. The molecular formula is C15H28N2O3S. The van der Waals surface area contributed by atoms with Gasteiger partial charge in [0.2, 0.25) is 11.8 Å². The van der Waals surface area contributed by atoms with Crippen molar-refractivity contribution >= 4 is 22.6 Å². The summed E-state index contributed by atoms with van der Waals surface area (Å²) in [5, 5.41) is 2.94. The molecule has 0 bridgehead atoms. The number of rotatable bonds is 6. The number of amides is 2. The molecule has 3 atom stereocenters. The largest absolute Gasteiger partial charge is 0.340 e. The highest BCUT2D eigenvalue weighted by Gasteiger charge is 2.51. The average Bonchev–Trinajstić information content (AvgIpc) is 2.39. The van der Waals surface area contributed by atoms with Crippen molar-refractivity contribution in [3.8, 4) is 0 Å². The van der Waals surface area contributed by atoms with Gasteiger partial charge in [0.25, 0.3) is 0 Å². The lowest BCUT2D eigenvalue weighted by Gasteiger charge is -2.49. The lowest BCUT2D eigenvalue weighted by atomic mass is 9.84. The maximum atomic E-state index is 13.0. The summed E-state index contributed by atoms with van der Waals surface area (Å²) < 4.78 is 11.5. The Labute approximate surface area is 130 Å². The number of hydrogen-bond acceptors (Lipinski definition) is 3. The molecule has 0 aromatic carbocycles. The van der Waals surface area contributed by atoms with Crippen molar-refractivity contribution in [2.45, 2.75) is 65.1 Å². The van der Waals surface area contributed by atoms with Gasteiger partial charge >= 0.3 is 0 Å². The molecule has 1 aliphatic heterocycles. The molecule has 0 aliphatic carbocycles. The highest BCUT2D eigenvalue weighted by Crippen LogP contribution is 2.29. The van der Waals surface area contributed by atoms with Crippen molar-refractivity contribution in [2.24, 2.45) is 5.92 Å². The predicted molar refractivity (Wildman–Crippen MR) is 85.3 cm³/mol. The van der Waals surface area contributed by atoms with Gasteiger partial charge in [0, 0.05) is 28.9 Å². The van der Waals surface area contributed by atoms with Gasteiger partial charge in [-0.1, -0.05) is 27.7 Å². The van der Waals surface area contributed by atoms with Crippen LogP contribution in [0.3, 0.4) is 0 Å². The van der Waals surface area contributed by atoms with E-state index in [1.807, 2.05) is 34.6 Å². The lowest BCUT2D eigenvalue weighted by molar-refractivity contribution is -0.159. The number of hydrogen-bond donors (Lipinski definition) is 1. The maximum Gasteiger partial charge on any atom is 0.249 e. The molecule has 0 saturated carbocycles. The van der Waals surface area contributed by atoms with Crippen LogP contribution in [-0.2, 0) is 20.4 Å². The van der Waals surface area contributed by atoms with Gasteiger partial charge in [0.1, 0.15) is 11.6 Å². The molecule has 0 spiro atoms. The van der Waals surface area contributed by atoms with Crippen LogP contribution in [0.4, 0.5) is 0 Å². The van der Waals surface area contributed by atoms with E-state index in [0.29, 0.717) is 18.6 Å². The van der Waals surface area contributed by atoms with Crippen molar-refractivity contribution < 1.29 is 13.8 Å². The molecule has 1 saturated heterocycles. The number of piperazine rings is 1. The fraction of sp³-hybridized carbons (Fsp3) is 0.867. The monoisotopic (exact) mass is 316 g/mol. The molecule has 1 N–H and O–H groups in total. The highest BCUT2D eigenvalue weighted by atomic mass is 32.2. The first-order valence-corrected chi connectivity index (χ1v) is 9.37. The predicted octanol–water partition coefficient (Wildman–Crippen LogP) is 1.30. The Morgan fingerprint density at radius 3 is 2.14 bits per heavy atom. The zero-order valence-electron chi connectivity index (χ0n) is 13.9. The molecule has 2 amide bonds. The summed E-state index contributed by atoms with van der Waals surface area (Å²) in [7, 11) is -1.01. The summed E-state index contributed by atoms with van der Waals surface area (Å²) in [6.07, 6.45) is 2.76. The molecule has 0 radical (unpaired) electrons. The summed E-state index contributed by atoms with van der Waals surface area (Å²) >= 11 is 0. The van der Waals surface area contributed by atoms with E-state index in [-0.39, 0.29) is 23.8 Å². The van der Waals surface area contributed by atoms with Crippen LogP contribution in [0.15, 0.2) is 0 Å². The summed E-state index contributed by atoms with van der Waals surface area (Å²) in [5.41, 5.74) is -0.814. The van der Waals surface area contributed by atoms with Gasteiger partial charge in [0.05, 0.1) is 0 Å². The van der Waals surface area contributed by atoms with Crippen LogP contribution in [0.5, 0.6) is 0 Å². The van der Waals surface area contributed by atoms with E-state index in [2.05, 4.69) is 5.32 Å². The fourth-order valence-electron chi connectivity index (χ4n) is 3.11. The third kappa shape index (κ3) is 3.47. The Morgan fingerprint density at radius 2 is 1.76 bits per heavy atom. The second-order valence-electron chi connectivity index (χ2n) is 6.27. The summed E-state index contributed by atoms with van der Waals surface area (Å²) in [6, 6.07) is -0.693. The number of carbonyl (C=O) groups is 2. The van der Waals surface area contributed by atoms with E-state index in [1.54, 1.807) is 11.2 Å².